The van der Waals surface area contributed by atoms with Gasteiger partial charge in [-0.05, 0) is 18.9 Å². The Labute approximate surface area is 148 Å². The molecular formula is C18H18F2N6. The lowest BCUT2D eigenvalue weighted by atomic mass is 10.2. The van der Waals surface area contributed by atoms with Crippen molar-refractivity contribution in [3.05, 3.63) is 36.0 Å². The van der Waals surface area contributed by atoms with Crippen LogP contribution in [0, 0.1) is 11.6 Å². The van der Waals surface area contributed by atoms with Crippen molar-refractivity contribution >= 4 is 16.9 Å². The molecular weight excluding hydrogens is 338 g/mol. The van der Waals surface area contributed by atoms with Crippen LogP contribution in [0.5, 0.6) is 0 Å². The van der Waals surface area contributed by atoms with Gasteiger partial charge in [-0.2, -0.15) is 5.10 Å². The van der Waals surface area contributed by atoms with Gasteiger partial charge in [0.2, 0.25) is 0 Å². The van der Waals surface area contributed by atoms with Gasteiger partial charge in [0.1, 0.15) is 5.82 Å². The quantitative estimate of drug-likeness (QED) is 0.781. The van der Waals surface area contributed by atoms with Gasteiger partial charge in [-0.1, -0.05) is 0 Å². The third kappa shape index (κ3) is 2.61. The first-order valence-electron chi connectivity index (χ1n) is 8.86. The maximum Gasteiger partial charge on any atom is 0.161 e. The van der Waals surface area contributed by atoms with Crippen LogP contribution >= 0.6 is 0 Å². The van der Waals surface area contributed by atoms with Crippen molar-refractivity contribution in [2.24, 2.45) is 0 Å². The SMILES string of the molecule is Fc1cc2nc(-c3cnnc(N4CCNCC4)c3)n(C3CC3)c2cc1F. The molecule has 2 aromatic heterocycles. The highest BCUT2D eigenvalue weighted by atomic mass is 19.2. The average molecular weight is 356 g/mol. The summed E-state index contributed by atoms with van der Waals surface area (Å²) in [5.74, 6) is -0.228. The number of fused-ring (bicyclic) bond motifs is 1. The molecule has 0 atom stereocenters. The number of piperazine rings is 1. The molecule has 3 heterocycles. The van der Waals surface area contributed by atoms with E-state index < -0.39 is 11.6 Å². The fourth-order valence-corrected chi connectivity index (χ4v) is 3.52. The summed E-state index contributed by atoms with van der Waals surface area (Å²) in [6.07, 6.45) is 3.69. The predicted octanol–water partition coefficient (Wildman–Crippen LogP) is 2.52. The normalized spacial score (nSPS) is 17.8. The van der Waals surface area contributed by atoms with Crippen molar-refractivity contribution in [2.45, 2.75) is 18.9 Å². The minimum atomic E-state index is -0.876. The summed E-state index contributed by atoms with van der Waals surface area (Å²) in [6, 6.07) is 4.64. The Bertz CT molecular complexity index is 975. The van der Waals surface area contributed by atoms with Gasteiger partial charge in [0.05, 0.1) is 17.2 Å². The van der Waals surface area contributed by atoms with E-state index in [-0.39, 0.29) is 6.04 Å². The van der Waals surface area contributed by atoms with Crippen molar-refractivity contribution in [3.8, 4) is 11.4 Å². The van der Waals surface area contributed by atoms with E-state index in [2.05, 4.69) is 25.4 Å². The van der Waals surface area contributed by atoms with Gasteiger partial charge in [-0.15, -0.1) is 5.10 Å². The van der Waals surface area contributed by atoms with Crippen molar-refractivity contribution in [1.29, 1.82) is 0 Å². The van der Waals surface area contributed by atoms with Gasteiger partial charge in [0, 0.05) is 49.9 Å². The highest BCUT2D eigenvalue weighted by Crippen LogP contribution is 2.41. The summed E-state index contributed by atoms with van der Waals surface area (Å²) in [7, 11) is 0. The molecule has 26 heavy (non-hydrogen) atoms. The van der Waals surface area contributed by atoms with Crippen molar-refractivity contribution in [2.75, 3.05) is 31.1 Å². The van der Waals surface area contributed by atoms with E-state index in [0.29, 0.717) is 16.9 Å². The van der Waals surface area contributed by atoms with Crippen molar-refractivity contribution < 1.29 is 8.78 Å². The van der Waals surface area contributed by atoms with E-state index in [4.69, 9.17) is 0 Å². The lowest BCUT2D eigenvalue weighted by molar-refractivity contribution is 0.510. The largest absolute Gasteiger partial charge is 0.353 e. The Hall–Kier alpha value is -2.61. The Morgan fingerprint density at radius 3 is 2.58 bits per heavy atom. The molecule has 2 fully saturated rings. The molecule has 0 unspecified atom stereocenters. The highest BCUT2D eigenvalue weighted by Gasteiger charge is 2.30. The summed E-state index contributed by atoms with van der Waals surface area (Å²) in [5.41, 5.74) is 1.91. The topological polar surface area (TPSA) is 58.9 Å². The molecule has 1 aromatic carbocycles. The number of halogens is 2. The molecule has 134 valence electrons. The van der Waals surface area contributed by atoms with Gasteiger partial charge in [-0.25, -0.2) is 13.8 Å². The average Bonchev–Trinajstić information content (AvgIpc) is 3.45. The molecule has 8 heteroatoms. The standard InChI is InChI=1S/C18H18F2N6/c19-13-8-15-16(9-14(13)20)26(12-1-2-12)18(23-15)11-7-17(24-22-10-11)25-5-3-21-4-6-25/h7-10,12,21H,1-6H2. The monoisotopic (exact) mass is 356 g/mol. The molecule has 0 spiro atoms. The zero-order valence-electron chi connectivity index (χ0n) is 14.1. The predicted molar refractivity (Wildman–Crippen MR) is 94.0 cm³/mol. The van der Waals surface area contributed by atoms with Crippen LogP contribution in [-0.4, -0.2) is 45.9 Å². The summed E-state index contributed by atoms with van der Waals surface area (Å²) < 4.78 is 29.4. The van der Waals surface area contributed by atoms with E-state index >= 15 is 0 Å². The Balaban J connectivity index is 1.63. The number of hydrogen-bond donors (Lipinski definition) is 1. The summed E-state index contributed by atoms with van der Waals surface area (Å²) in [5, 5.41) is 11.7. The zero-order chi connectivity index (χ0) is 17.7. The molecule has 0 amide bonds. The first-order chi connectivity index (χ1) is 12.7. The summed E-state index contributed by atoms with van der Waals surface area (Å²) >= 11 is 0. The van der Waals surface area contributed by atoms with E-state index in [1.165, 1.54) is 12.1 Å². The fourth-order valence-electron chi connectivity index (χ4n) is 3.52. The number of imidazole rings is 1. The van der Waals surface area contributed by atoms with Crippen LogP contribution in [0.3, 0.4) is 0 Å². The molecule has 0 radical (unpaired) electrons. The second-order valence-electron chi connectivity index (χ2n) is 6.83. The molecule has 3 aromatic rings. The van der Waals surface area contributed by atoms with Crippen LogP contribution in [0.4, 0.5) is 14.6 Å². The second kappa shape index (κ2) is 5.98. The van der Waals surface area contributed by atoms with Crippen LogP contribution in [-0.2, 0) is 0 Å². The summed E-state index contributed by atoms with van der Waals surface area (Å²) in [6.45, 7) is 3.55. The minimum Gasteiger partial charge on any atom is -0.353 e. The minimum absolute atomic E-state index is 0.274. The van der Waals surface area contributed by atoms with Crippen LogP contribution in [0.15, 0.2) is 24.4 Å². The van der Waals surface area contributed by atoms with Crippen LogP contribution < -0.4 is 10.2 Å². The van der Waals surface area contributed by atoms with Gasteiger partial charge >= 0.3 is 0 Å². The number of hydrogen-bond acceptors (Lipinski definition) is 5. The number of benzene rings is 1. The zero-order valence-corrected chi connectivity index (χ0v) is 14.1. The smallest absolute Gasteiger partial charge is 0.161 e. The Kier molecular flexibility index (Phi) is 3.59. The van der Waals surface area contributed by atoms with Crippen LogP contribution in [0.2, 0.25) is 0 Å². The van der Waals surface area contributed by atoms with Gasteiger partial charge < -0.3 is 14.8 Å². The molecule has 5 rings (SSSR count). The second-order valence-corrected chi connectivity index (χ2v) is 6.83. The molecule has 1 saturated carbocycles. The Morgan fingerprint density at radius 2 is 1.81 bits per heavy atom. The van der Waals surface area contributed by atoms with E-state index in [1.807, 2.05) is 10.6 Å². The fraction of sp³-hybridized carbons (Fsp3) is 0.389. The van der Waals surface area contributed by atoms with Crippen LogP contribution in [0.1, 0.15) is 18.9 Å². The maximum atomic E-state index is 13.8. The number of nitrogens with one attached hydrogen (secondary N) is 1. The lowest BCUT2D eigenvalue weighted by Crippen LogP contribution is -2.44. The van der Waals surface area contributed by atoms with Gasteiger partial charge in [0.25, 0.3) is 0 Å². The molecule has 0 bridgehead atoms. The van der Waals surface area contributed by atoms with Crippen molar-refractivity contribution in [1.82, 2.24) is 25.1 Å². The third-order valence-electron chi connectivity index (χ3n) is 4.98. The summed E-state index contributed by atoms with van der Waals surface area (Å²) in [4.78, 5) is 6.77. The van der Waals surface area contributed by atoms with E-state index in [9.17, 15) is 8.78 Å². The molecule has 1 aliphatic carbocycles. The molecule has 1 saturated heterocycles. The molecule has 6 nitrogen and oxygen atoms in total. The van der Waals surface area contributed by atoms with Crippen molar-refractivity contribution in [3.63, 3.8) is 0 Å². The molecule has 1 N–H and O–H groups in total. The van der Waals surface area contributed by atoms with Gasteiger partial charge in [0.15, 0.2) is 17.5 Å². The number of aromatic nitrogens is 4. The number of rotatable bonds is 3. The molecule has 1 aliphatic heterocycles. The first-order valence-corrected chi connectivity index (χ1v) is 8.86. The highest BCUT2D eigenvalue weighted by molar-refractivity contribution is 5.81. The lowest BCUT2D eigenvalue weighted by Gasteiger charge is -2.28. The first kappa shape index (κ1) is 15.6. The van der Waals surface area contributed by atoms with Crippen LogP contribution in [0.25, 0.3) is 22.4 Å². The Morgan fingerprint density at radius 1 is 1.04 bits per heavy atom. The van der Waals surface area contributed by atoms with E-state index in [0.717, 1.165) is 50.4 Å². The van der Waals surface area contributed by atoms with E-state index in [1.54, 1.807) is 6.20 Å². The molecule has 2 aliphatic rings. The van der Waals surface area contributed by atoms with Gasteiger partial charge in [-0.3, -0.25) is 0 Å². The third-order valence-corrected chi connectivity index (χ3v) is 4.98. The number of nitrogens with zero attached hydrogens (tertiary/aromatic N) is 5. The maximum absolute atomic E-state index is 13.8. The number of anilines is 1.